The minimum atomic E-state index is -1.12. The van der Waals surface area contributed by atoms with E-state index < -0.39 is 11.9 Å². The summed E-state index contributed by atoms with van der Waals surface area (Å²) in [7, 11) is 0. The summed E-state index contributed by atoms with van der Waals surface area (Å²) in [5.41, 5.74) is 0.560. The predicted molar refractivity (Wildman–Crippen MR) is 66.2 cm³/mol. The summed E-state index contributed by atoms with van der Waals surface area (Å²) in [6.45, 7) is 0. The summed E-state index contributed by atoms with van der Waals surface area (Å²) in [6.07, 6.45) is 4.39. The summed E-state index contributed by atoms with van der Waals surface area (Å²) < 4.78 is 0. The van der Waals surface area contributed by atoms with Crippen LogP contribution in [0.15, 0.2) is 18.2 Å². The van der Waals surface area contributed by atoms with Crippen LogP contribution in [0.3, 0.4) is 0 Å². The van der Waals surface area contributed by atoms with Gasteiger partial charge in [-0.2, -0.15) is 0 Å². The van der Waals surface area contributed by atoms with E-state index in [-0.39, 0.29) is 11.1 Å². The van der Waals surface area contributed by atoms with E-state index in [0.29, 0.717) is 11.7 Å². The van der Waals surface area contributed by atoms with Gasteiger partial charge in [-0.1, -0.05) is 12.8 Å². The van der Waals surface area contributed by atoms with Crippen molar-refractivity contribution in [3.05, 3.63) is 29.3 Å². The molecule has 0 atom stereocenters. The zero-order chi connectivity index (χ0) is 13.1. The van der Waals surface area contributed by atoms with Crippen LogP contribution in [-0.2, 0) is 0 Å². The van der Waals surface area contributed by atoms with Crippen molar-refractivity contribution in [3.63, 3.8) is 0 Å². The maximum Gasteiger partial charge on any atom is 0.335 e. The third-order valence-corrected chi connectivity index (χ3v) is 3.15. The molecule has 0 heterocycles. The summed E-state index contributed by atoms with van der Waals surface area (Å²) in [6, 6.07) is 4.45. The highest BCUT2D eigenvalue weighted by Crippen LogP contribution is 2.24. The lowest BCUT2D eigenvalue weighted by Gasteiger charge is -2.14. The Morgan fingerprint density at radius 1 is 1.00 bits per heavy atom. The van der Waals surface area contributed by atoms with Gasteiger partial charge in [-0.3, -0.25) is 0 Å². The van der Waals surface area contributed by atoms with Crippen LogP contribution in [0.2, 0.25) is 0 Å². The fourth-order valence-electron chi connectivity index (χ4n) is 2.26. The molecule has 1 aromatic rings. The van der Waals surface area contributed by atoms with Gasteiger partial charge in [-0.05, 0) is 31.0 Å². The minimum absolute atomic E-state index is 0.00426. The number of benzene rings is 1. The minimum Gasteiger partial charge on any atom is -0.478 e. The van der Waals surface area contributed by atoms with E-state index >= 15 is 0 Å². The van der Waals surface area contributed by atoms with Gasteiger partial charge in [0.25, 0.3) is 0 Å². The third kappa shape index (κ3) is 2.80. The predicted octanol–water partition coefficient (Wildman–Crippen LogP) is 2.44. The lowest BCUT2D eigenvalue weighted by Crippen LogP contribution is -2.15. The summed E-state index contributed by atoms with van der Waals surface area (Å²) in [5.74, 6) is -2.24. The zero-order valence-electron chi connectivity index (χ0n) is 9.85. The molecule has 0 aliphatic heterocycles. The number of hydrogen-bond acceptors (Lipinski definition) is 3. The Labute approximate surface area is 104 Å². The van der Waals surface area contributed by atoms with Crippen LogP contribution in [0.1, 0.15) is 46.4 Å². The van der Waals surface area contributed by atoms with E-state index in [0.717, 1.165) is 25.7 Å². The van der Waals surface area contributed by atoms with Crippen molar-refractivity contribution < 1.29 is 19.8 Å². The maximum absolute atomic E-state index is 10.9. The zero-order valence-corrected chi connectivity index (χ0v) is 9.85. The molecule has 1 saturated carbocycles. The van der Waals surface area contributed by atoms with Crippen molar-refractivity contribution in [3.8, 4) is 0 Å². The van der Waals surface area contributed by atoms with Gasteiger partial charge in [-0.15, -0.1) is 0 Å². The van der Waals surface area contributed by atoms with Crippen LogP contribution >= 0.6 is 0 Å². The highest BCUT2D eigenvalue weighted by atomic mass is 16.4. The van der Waals surface area contributed by atoms with Gasteiger partial charge < -0.3 is 15.5 Å². The van der Waals surface area contributed by atoms with Crippen LogP contribution in [0.5, 0.6) is 0 Å². The molecule has 0 radical (unpaired) electrons. The highest BCUT2D eigenvalue weighted by Gasteiger charge is 2.17. The van der Waals surface area contributed by atoms with Gasteiger partial charge in [0.1, 0.15) is 0 Å². The smallest absolute Gasteiger partial charge is 0.335 e. The number of nitrogens with one attached hydrogen (secondary N) is 1. The molecular weight excluding hydrogens is 234 g/mol. The van der Waals surface area contributed by atoms with E-state index in [4.69, 9.17) is 10.2 Å². The molecule has 0 aromatic heterocycles. The van der Waals surface area contributed by atoms with Gasteiger partial charge in [0.2, 0.25) is 0 Å². The van der Waals surface area contributed by atoms with Crippen LogP contribution in [0, 0.1) is 0 Å². The Bertz CT molecular complexity index is 446. The Kier molecular flexibility index (Phi) is 3.50. The number of rotatable bonds is 4. The first-order valence-electron chi connectivity index (χ1n) is 5.94. The van der Waals surface area contributed by atoms with E-state index in [2.05, 4.69) is 5.32 Å². The Morgan fingerprint density at radius 2 is 1.50 bits per heavy atom. The molecule has 5 heteroatoms. The standard InChI is InChI=1S/C13H15NO4/c15-12(16)8-5-9(13(17)18)7-11(6-8)14-10-3-1-2-4-10/h5-7,10,14H,1-4H2,(H,15,16)(H,17,18). The number of carboxylic acids is 2. The van der Waals surface area contributed by atoms with Crippen LogP contribution in [-0.4, -0.2) is 28.2 Å². The quantitative estimate of drug-likeness (QED) is 0.763. The van der Waals surface area contributed by atoms with Gasteiger partial charge in [0, 0.05) is 11.7 Å². The molecule has 5 nitrogen and oxygen atoms in total. The first-order chi connectivity index (χ1) is 8.56. The second-order valence-electron chi connectivity index (χ2n) is 4.54. The number of carboxylic acid groups (broad SMARTS) is 2. The Morgan fingerprint density at radius 3 is 1.94 bits per heavy atom. The summed E-state index contributed by atoms with van der Waals surface area (Å²) in [4.78, 5) is 21.9. The fraction of sp³-hybridized carbons (Fsp3) is 0.385. The molecule has 18 heavy (non-hydrogen) atoms. The SMILES string of the molecule is O=C(O)c1cc(NC2CCCC2)cc(C(=O)O)c1. The molecule has 96 valence electrons. The molecule has 3 N–H and O–H groups in total. The third-order valence-electron chi connectivity index (χ3n) is 3.15. The maximum atomic E-state index is 10.9. The summed E-state index contributed by atoms with van der Waals surface area (Å²) in [5, 5.41) is 21.1. The van der Waals surface area contributed by atoms with Crippen LogP contribution in [0.4, 0.5) is 5.69 Å². The van der Waals surface area contributed by atoms with Crippen LogP contribution < -0.4 is 5.32 Å². The molecule has 0 spiro atoms. The Balaban J connectivity index is 2.27. The molecular formula is C13H15NO4. The van der Waals surface area contributed by atoms with E-state index in [1.807, 2.05) is 0 Å². The van der Waals surface area contributed by atoms with Gasteiger partial charge in [-0.25, -0.2) is 9.59 Å². The average molecular weight is 249 g/mol. The largest absolute Gasteiger partial charge is 0.478 e. The van der Waals surface area contributed by atoms with Crippen molar-refractivity contribution in [2.24, 2.45) is 0 Å². The van der Waals surface area contributed by atoms with E-state index in [9.17, 15) is 9.59 Å². The lowest BCUT2D eigenvalue weighted by atomic mass is 10.1. The van der Waals surface area contributed by atoms with Gasteiger partial charge >= 0.3 is 11.9 Å². The molecule has 2 rings (SSSR count). The summed E-state index contributed by atoms with van der Waals surface area (Å²) >= 11 is 0. The number of carbonyl (C=O) groups is 2. The molecule has 0 amide bonds. The molecule has 0 bridgehead atoms. The van der Waals surface area contributed by atoms with Crippen molar-refractivity contribution >= 4 is 17.6 Å². The van der Waals surface area contributed by atoms with Gasteiger partial charge in [0.05, 0.1) is 11.1 Å². The first-order valence-corrected chi connectivity index (χ1v) is 5.94. The van der Waals surface area contributed by atoms with Crippen LogP contribution in [0.25, 0.3) is 0 Å². The van der Waals surface area contributed by atoms with Crippen molar-refractivity contribution in [1.29, 1.82) is 0 Å². The van der Waals surface area contributed by atoms with Crippen molar-refractivity contribution in [1.82, 2.24) is 0 Å². The van der Waals surface area contributed by atoms with Crippen molar-refractivity contribution in [2.75, 3.05) is 5.32 Å². The molecule has 0 unspecified atom stereocenters. The average Bonchev–Trinajstić information content (AvgIpc) is 2.81. The first kappa shape index (κ1) is 12.4. The molecule has 1 aromatic carbocycles. The molecule has 1 aliphatic carbocycles. The normalized spacial score (nSPS) is 15.6. The fourth-order valence-corrected chi connectivity index (χ4v) is 2.26. The second-order valence-corrected chi connectivity index (χ2v) is 4.54. The monoisotopic (exact) mass is 249 g/mol. The second kappa shape index (κ2) is 5.08. The van der Waals surface area contributed by atoms with E-state index in [1.54, 1.807) is 0 Å². The molecule has 1 fully saturated rings. The molecule has 1 aliphatic rings. The number of aromatic carboxylic acids is 2. The Hall–Kier alpha value is -2.04. The lowest BCUT2D eigenvalue weighted by molar-refractivity contribution is 0.0696. The van der Waals surface area contributed by atoms with Gasteiger partial charge in [0.15, 0.2) is 0 Å². The number of hydrogen-bond donors (Lipinski definition) is 3. The molecule has 0 saturated heterocycles. The number of anilines is 1. The van der Waals surface area contributed by atoms with E-state index in [1.165, 1.54) is 18.2 Å². The highest BCUT2D eigenvalue weighted by molar-refractivity contribution is 5.95. The van der Waals surface area contributed by atoms with Crippen molar-refractivity contribution in [2.45, 2.75) is 31.7 Å². The topological polar surface area (TPSA) is 86.6 Å².